The molecule has 0 nitrogen and oxygen atoms in total. The molecule has 0 amide bonds. The van der Waals surface area contributed by atoms with Crippen LogP contribution in [0.2, 0.25) is 0 Å². The SMILES string of the molecule is CCc1ccc(Br)cc1C1CC2C=CC(CC2)C1. The van der Waals surface area contributed by atoms with Gasteiger partial charge in [-0.1, -0.05) is 41.1 Å². The molecule has 1 aromatic rings. The van der Waals surface area contributed by atoms with Crippen molar-refractivity contribution in [3.63, 3.8) is 0 Å². The van der Waals surface area contributed by atoms with Gasteiger partial charge in [-0.05, 0) is 73.1 Å². The number of hydrogen-bond donors (Lipinski definition) is 0. The third-order valence-corrected chi connectivity index (χ3v) is 5.16. The molecule has 2 bridgehead atoms. The zero-order valence-electron chi connectivity index (χ0n) is 11.0. The van der Waals surface area contributed by atoms with E-state index in [9.17, 15) is 0 Å². The van der Waals surface area contributed by atoms with Crippen molar-refractivity contribution in [3.05, 3.63) is 46.0 Å². The van der Waals surface area contributed by atoms with Gasteiger partial charge in [0.2, 0.25) is 0 Å². The minimum Gasteiger partial charge on any atom is -0.0851 e. The van der Waals surface area contributed by atoms with Crippen LogP contribution in [0.4, 0.5) is 0 Å². The first kappa shape index (κ1) is 12.5. The predicted molar refractivity (Wildman–Crippen MR) is 80.8 cm³/mol. The minimum atomic E-state index is 0.768. The van der Waals surface area contributed by atoms with Gasteiger partial charge in [-0.2, -0.15) is 0 Å². The molecule has 18 heavy (non-hydrogen) atoms. The van der Waals surface area contributed by atoms with E-state index < -0.39 is 0 Å². The molecule has 0 N–H and O–H groups in total. The van der Waals surface area contributed by atoms with Gasteiger partial charge in [0.25, 0.3) is 0 Å². The number of allylic oxidation sites excluding steroid dienone is 2. The molecule has 0 spiro atoms. The van der Waals surface area contributed by atoms with Gasteiger partial charge in [0, 0.05) is 4.47 Å². The quantitative estimate of drug-likeness (QED) is 0.635. The zero-order chi connectivity index (χ0) is 12.5. The van der Waals surface area contributed by atoms with Gasteiger partial charge in [-0.3, -0.25) is 0 Å². The smallest absolute Gasteiger partial charge is 0.0178 e. The van der Waals surface area contributed by atoms with E-state index in [-0.39, 0.29) is 0 Å². The van der Waals surface area contributed by atoms with Crippen molar-refractivity contribution in [2.45, 2.75) is 44.9 Å². The van der Waals surface area contributed by atoms with Gasteiger partial charge in [0.1, 0.15) is 0 Å². The molecule has 2 unspecified atom stereocenters. The molecule has 1 saturated carbocycles. The molecule has 2 atom stereocenters. The summed E-state index contributed by atoms with van der Waals surface area (Å²) in [6.07, 6.45) is 11.7. The van der Waals surface area contributed by atoms with E-state index in [0.717, 1.165) is 24.2 Å². The molecule has 0 heterocycles. The molecule has 0 saturated heterocycles. The second-order valence-corrected chi connectivity index (χ2v) is 6.76. The van der Waals surface area contributed by atoms with Crippen LogP contribution in [0.3, 0.4) is 0 Å². The van der Waals surface area contributed by atoms with E-state index in [1.807, 2.05) is 0 Å². The molecule has 0 aliphatic heterocycles. The van der Waals surface area contributed by atoms with E-state index in [0.29, 0.717) is 0 Å². The van der Waals surface area contributed by atoms with Gasteiger partial charge < -0.3 is 0 Å². The number of rotatable bonds is 2. The average Bonchev–Trinajstić information content (AvgIpc) is 2.72. The molecular weight excluding hydrogens is 284 g/mol. The fourth-order valence-corrected chi connectivity index (χ4v) is 4.06. The van der Waals surface area contributed by atoms with Crippen molar-refractivity contribution in [3.8, 4) is 0 Å². The summed E-state index contributed by atoms with van der Waals surface area (Å²) in [6, 6.07) is 6.86. The zero-order valence-corrected chi connectivity index (χ0v) is 12.6. The first-order chi connectivity index (χ1) is 8.76. The third kappa shape index (κ3) is 2.42. The fourth-order valence-electron chi connectivity index (χ4n) is 3.68. The van der Waals surface area contributed by atoms with Crippen molar-refractivity contribution in [2.24, 2.45) is 11.8 Å². The topological polar surface area (TPSA) is 0 Å². The van der Waals surface area contributed by atoms with Crippen LogP contribution in [0.1, 0.15) is 49.7 Å². The second kappa shape index (κ2) is 5.21. The van der Waals surface area contributed by atoms with Gasteiger partial charge in [-0.15, -0.1) is 0 Å². The van der Waals surface area contributed by atoms with Crippen molar-refractivity contribution in [1.82, 2.24) is 0 Å². The van der Waals surface area contributed by atoms with Crippen LogP contribution >= 0.6 is 15.9 Å². The van der Waals surface area contributed by atoms with Crippen LogP contribution in [0, 0.1) is 11.8 Å². The van der Waals surface area contributed by atoms with Crippen LogP contribution in [-0.2, 0) is 6.42 Å². The number of fused-ring (bicyclic) bond motifs is 3. The van der Waals surface area contributed by atoms with Crippen LogP contribution in [-0.4, -0.2) is 0 Å². The second-order valence-electron chi connectivity index (χ2n) is 5.85. The Morgan fingerprint density at radius 2 is 1.78 bits per heavy atom. The number of benzene rings is 1. The highest BCUT2D eigenvalue weighted by Gasteiger charge is 2.28. The lowest BCUT2D eigenvalue weighted by Crippen LogP contribution is -2.05. The van der Waals surface area contributed by atoms with Crippen LogP contribution < -0.4 is 0 Å². The molecule has 1 aromatic carbocycles. The minimum absolute atomic E-state index is 0.768. The maximum atomic E-state index is 3.64. The third-order valence-electron chi connectivity index (χ3n) is 4.67. The Morgan fingerprint density at radius 3 is 2.33 bits per heavy atom. The van der Waals surface area contributed by atoms with E-state index in [4.69, 9.17) is 0 Å². The highest BCUT2D eigenvalue weighted by Crippen LogP contribution is 2.43. The molecule has 96 valence electrons. The van der Waals surface area contributed by atoms with E-state index in [1.165, 1.54) is 30.2 Å². The Labute approximate surface area is 119 Å². The summed E-state index contributed by atoms with van der Waals surface area (Å²) < 4.78 is 1.24. The molecule has 0 aromatic heterocycles. The summed E-state index contributed by atoms with van der Waals surface area (Å²) in [7, 11) is 0. The number of hydrogen-bond acceptors (Lipinski definition) is 0. The molecule has 1 heteroatoms. The average molecular weight is 305 g/mol. The Bertz CT molecular complexity index is 445. The van der Waals surface area contributed by atoms with Gasteiger partial charge in [0.15, 0.2) is 0 Å². The summed E-state index contributed by atoms with van der Waals surface area (Å²) in [5.41, 5.74) is 3.15. The van der Waals surface area contributed by atoms with Crippen molar-refractivity contribution in [1.29, 1.82) is 0 Å². The van der Waals surface area contributed by atoms with Crippen molar-refractivity contribution >= 4 is 15.9 Å². The number of aryl methyl sites for hydroxylation is 1. The van der Waals surface area contributed by atoms with Gasteiger partial charge >= 0.3 is 0 Å². The molecule has 3 aliphatic carbocycles. The first-order valence-electron chi connectivity index (χ1n) is 7.23. The molecular formula is C17H21Br. The van der Waals surface area contributed by atoms with E-state index in [1.54, 1.807) is 11.1 Å². The van der Waals surface area contributed by atoms with Crippen LogP contribution in [0.25, 0.3) is 0 Å². The summed E-state index contributed by atoms with van der Waals surface area (Å²) in [4.78, 5) is 0. The lowest BCUT2D eigenvalue weighted by atomic mass is 9.85. The van der Waals surface area contributed by atoms with Gasteiger partial charge in [-0.25, -0.2) is 0 Å². The maximum absolute atomic E-state index is 3.64. The van der Waals surface area contributed by atoms with Crippen molar-refractivity contribution in [2.75, 3.05) is 0 Å². The van der Waals surface area contributed by atoms with Crippen LogP contribution in [0.15, 0.2) is 34.8 Å². The summed E-state index contributed by atoms with van der Waals surface area (Å²) in [5.74, 6) is 2.43. The monoisotopic (exact) mass is 304 g/mol. The van der Waals surface area contributed by atoms with Crippen LogP contribution in [0.5, 0.6) is 0 Å². The summed E-state index contributed by atoms with van der Waals surface area (Å²) in [6.45, 7) is 2.27. The Balaban J connectivity index is 1.93. The van der Waals surface area contributed by atoms with E-state index in [2.05, 4.69) is 53.2 Å². The first-order valence-corrected chi connectivity index (χ1v) is 8.02. The molecule has 1 fully saturated rings. The van der Waals surface area contributed by atoms with Gasteiger partial charge in [0.05, 0.1) is 0 Å². The predicted octanol–water partition coefficient (Wildman–Crippen LogP) is 5.47. The lowest BCUT2D eigenvalue weighted by molar-refractivity contribution is 0.502. The number of halogens is 1. The van der Waals surface area contributed by atoms with E-state index >= 15 is 0 Å². The highest BCUT2D eigenvalue weighted by atomic mass is 79.9. The summed E-state index contributed by atoms with van der Waals surface area (Å²) >= 11 is 3.64. The normalized spacial score (nSPS) is 30.4. The van der Waals surface area contributed by atoms with Crippen molar-refractivity contribution < 1.29 is 0 Å². The summed E-state index contributed by atoms with van der Waals surface area (Å²) in [5, 5.41) is 0. The Morgan fingerprint density at radius 1 is 1.11 bits per heavy atom. The largest absolute Gasteiger partial charge is 0.0851 e. The highest BCUT2D eigenvalue weighted by molar-refractivity contribution is 9.10. The lowest BCUT2D eigenvalue weighted by Gasteiger charge is -2.20. The Kier molecular flexibility index (Phi) is 3.61. The molecule has 3 aliphatic rings. The molecule has 4 rings (SSSR count). The maximum Gasteiger partial charge on any atom is 0.0178 e. The fraction of sp³-hybridized carbons (Fsp3) is 0.529. The molecule has 0 radical (unpaired) electrons. The standard InChI is InChI=1S/C17H21Br/c1-2-14-7-8-16(18)11-17(14)15-9-12-3-4-13(10-15)6-5-12/h3-4,7-8,11-13,15H,2,5-6,9-10H2,1H3. The Hall–Kier alpha value is -0.560.